The largest absolute Gasteiger partial charge is 0.179 e. The summed E-state index contributed by atoms with van der Waals surface area (Å²) in [6.07, 6.45) is 0. The molecule has 0 fully saturated rings. The van der Waals surface area contributed by atoms with Gasteiger partial charge < -0.3 is 0 Å². The maximum Gasteiger partial charge on any atom is 0.0164 e. The van der Waals surface area contributed by atoms with Crippen LogP contribution in [0.3, 0.4) is 0 Å². The fourth-order valence-electron chi connectivity index (χ4n) is 0.386. The first kappa shape index (κ1) is 10.0. The van der Waals surface area contributed by atoms with Crippen molar-refractivity contribution in [2.45, 2.75) is 18.6 Å². The zero-order valence-electron chi connectivity index (χ0n) is 5.92. The van der Waals surface area contributed by atoms with Crippen molar-refractivity contribution in [2.75, 3.05) is 17.3 Å². The van der Waals surface area contributed by atoms with Crippen LogP contribution in [0.1, 0.15) is 13.8 Å². The monoisotopic (exact) mass is 182 g/mol. The van der Waals surface area contributed by atoms with Crippen molar-refractivity contribution in [1.29, 1.82) is 0 Å². The Hall–Kier alpha value is 1.05. The van der Waals surface area contributed by atoms with E-state index < -0.39 is 0 Å². The van der Waals surface area contributed by atoms with Gasteiger partial charge in [0, 0.05) is 16.3 Å². The Morgan fingerprint density at radius 2 is 2.00 bits per heavy atom. The molecular formula is C6H14S3. The molecule has 0 heterocycles. The molecule has 0 radical (unpaired) electrons. The lowest BCUT2D eigenvalue weighted by molar-refractivity contribution is 0.826. The SMILES string of the molecule is CC(C)(S)CSCCS. The van der Waals surface area contributed by atoms with E-state index in [1.165, 1.54) is 0 Å². The Balaban J connectivity index is 3.07. The molecule has 0 amide bonds. The summed E-state index contributed by atoms with van der Waals surface area (Å²) < 4.78 is 0.174. The van der Waals surface area contributed by atoms with Gasteiger partial charge in [-0.2, -0.15) is 37.0 Å². The number of thioether (sulfide) groups is 1. The lowest BCUT2D eigenvalue weighted by Gasteiger charge is -2.15. The van der Waals surface area contributed by atoms with E-state index in [0.717, 1.165) is 17.3 Å². The van der Waals surface area contributed by atoms with Crippen molar-refractivity contribution in [3.63, 3.8) is 0 Å². The van der Waals surface area contributed by atoms with Gasteiger partial charge in [-0.15, -0.1) is 0 Å². The summed E-state index contributed by atoms with van der Waals surface area (Å²) in [6.45, 7) is 4.25. The second kappa shape index (κ2) is 4.80. The maximum absolute atomic E-state index is 4.38. The third-order valence-electron chi connectivity index (χ3n) is 0.691. The molecule has 0 saturated heterocycles. The van der Waals surface area contributed by atoms with E-state index in [9.17, 15) is 0 Å². The minimum absolute atomic E-state index is 0.174. The van der Waals surface area contributed by atoms with Gasteiger partial charge in [0.15, 0.2) is 0 Å². The summed E-state index contributed by atoms with van der Waals surface area (Å²) in [5.74, 6) is 3.21. The van der Waals surface area contributed by atoms with Crippen molar-refractivity contribution in [3.8, 4) is 0 Å². The third-order valence-corrected chi connectivity index (χ3v) is 3.01. The molecule has 0 aromatic rings. The summed E-state index contributed by atoms with van der Waals surface area (Å²) >= 11 is 10.4. The summed E-state index contributed by atoms with van der Waals surface area (Å²) in [6, 6.07) is 0. The quantitative estimate of drug-likeness (QED) is 0.497. The van der Waals surface area contributed by atoms with Crippen molar-refractivity contribution in [1.82, 2.24) is 0 Å². The molecule has 0 spiro atoms. The van der Waals surface area contributed by atoms with E-state index in [2.05, 4.69) is 39.1 Å². The Morgan fingerprint density at radius 1 is 1.44 bits per heavy atom. The van der Waals surface area contributed by atoms with E-state index >= 15 is 0 Å². The number of hydrogen-bond donors (Lipinski definition) is 2. The first-order valence-corrected chi connectivity index (χ1v) is 5.21. The molecule has 0 aromatic heterocycles. The standard InChI is InChI=1S/C6H14S3/c1-6(2,8)5-9-4-3-7/h7-8H,3-5H2,1-2H3. The molecule has 0 bridgehead atoms. The van der Waals surface area contributed by atoms with E-state index in [-0.39, 0.29) is 4.75 Å². The van der Waals surface area contributed by atoms with Gasteiger partial charge in [-0.3, -0.25) is 0 Å². The van der Waals surface area contributed by atoms with Gasteiger partial charge in [-0.25, -0.2) is 0 Å². The molecule has 0 aromatic carbocycles. The van der Waals surface area contributed by atoms with Crippen LogP contribution >= 0.6 is 37.0 Å². The second-order valence-electron chi connectivity index (χ2n) is 2.59. The summed E-state index contributed by atoms with van der Waals surface area (Å²) in [4.78, 5) is 0. The van der Waals surface area contributed by atoms with Gasteiger partial charge in [0.1, 0.15) is 0 Å². The summed E-state index contributed by atoms with van der Waals surface area (Å²) in [7, 11) is 0. The first-order chi connectivity index (χ1) is 4.06. The van der Waals surface area contributed by atoms with Crippen molar-refractivity contribution < 1.29 is 0 Å². The van der Waals surface area contributed by atoms with E-state index in [1.54, 1.807) is 0 Å². The van der Waals surface area contributed by atoms with Gasteiger partial charge in [0.2, 0.25) is 0 Å². The smallest absolute Gasteiger partial charge is 0.0164 e. The topological polar surface area (TPSA) is 0 Å². The molecule has 0 atom stereocenters. The van der Waals surface area contributed by atoms with Crippen LogP contribution in [0.5, 0.6) is 0 Å². The predicted octanol–water partition coefficient (Wildman–Crippen LogP) is 2.36. The minimum Gasteiger partial charge on any atom is -0.179 e. The normalized spacial score (nSPS) is 12.0. The molecular weight excluding hydrogens is 168 g/mol. The van der Waals surface area contributed by atoms with E-state index in [1.807, 2.05) is 11.8 Å². The van der Waals surface area contributed by atoms with Crippen molar-refractivity contribution in [3.05, 3.63) is 0 Å². The van der Waals surface area contributed by atoms with Gasteiger partial charge in [-0.1, -0.05) is 13.8 Å². The number of hydrogen-bond acceptors (Lipinski definition) is 3. The number of rotatable bonds is 4. The minimum atomic E-state index is 0.174. The average Bonchev–Trinajstić information content (AvgIpc) is 1.63. The van der Waals surface area contributed by atoms with Crippen LogP contribution in [0.4, 0.5) is 0 Å². The number of thiol groups is 2. The van der Waals surface area contributed by atoms with Gasteiger partial charge in [0.05, 0.1) is 0 Å². The van der Waals surface area contributed by atoms with Crippen LogP contribution in [0, 0.1) is 0 Å². The molecule has 0 aliphatic rings. The molecule has 56 valence electrons. The highest BCUT2D eigenvalue weighted by Crippen LogP contribution is 2.18. The molecule has 0 aliphatic carbocycles. The highest BCUT2D eigenvalue weighted by molar-refractivity contribution is 8.00. The van der Waals surface area contributed by atoms with E-state index in [0.29, 0.717) is 0 Å². The molecule has 3 heteroatoms. The van der Waals surface area contributed by atoms with Crippen LogP contribution in [0.2, 0.25) is 0 Å². The van der Waals surface area contributed by atoms with Crippen LogP contribution in [-0.2, 0) is 0 Å². The van der Waals surface area contributed by atoms with Crippen LogP contribution < -0.4 is 0 Å². The molecule has 0 N–H and O–H groups in total. The Bertz CT molecular complexity index is 65.2. The second-order valence-corrected chi connectivity index (χ2v) is 5.35. The first-order valence-electron chi connectivity index (χ1n) is 2.97. The molecule has 0 rings (SSSR count). The van der Waals surface area contributed by atoms with Crippen LogP contribution in [0.25, 0.3) is 0 Å². The molecule has 0 saturated carbocycles. The summed E-state index contributed by atoms with van der Waals surface area (Å²) in [5, 5.41) is 0. The molecule has 0 aliphatic heterocycles. The third kappa shape index (κ3) is 9.05. The van der Waals surface area contributed by atoms with Crippen LogP contribution in [-0.4, -0.2) is 22.0 Å². The lowest BCUT2D eigenvalue weighted by atomic mass is 10.2. The van der Waals surface area contributed by atoms with Gasteiger partial charge in [-0.05, 0) is 5.75 Å². The summed E-state index contributed by atoms with van der Waals surface area (Å²) in [5.41, 5.74) is 0. The van der Waals surface area contributed by atoms with Gasteiger partial charge >= 0.3 is 0 Å². The predicted molar refractivity (Wildman–Crippen MR) is 54.2 cm³/mol. The van der Waals surface area contributed by atoms with Crippen LogP contribution in [0.15, 0.2) is 0 Å². The Kier molecular flexibility index (Phi) is 5.36. The van der Waals surface area contributed by atoms with E-state index in [4.69, 9.17) is 0 Å². The fraction of sp³-hybridized carbons (Fsp3) is 1.00. The highest BCUT2D eigenvalue weighted by atomic mass is 32.2. The molecule has 0 unspecified atom stereocenters. The molecule has 0 nitrogen and oxygen atoms in total. The maximum atomic E-state index is 4.38. The Morgan fingerprint density at radius 3 is 2.33 bits per heavy atom. The fourth-order valence-corrected chi connectivity index (χ4v) is 1.82. The van der Waals surface area contributed by atoms with Crippen molar-refractivity contribution in [2.24, 2.45) is 0 Å². The van der Waals surface area contributed by atoms with Gasteiger partial charge in [0.25, 0.3) is 0 Å². The average molecular weight is 182 g/mol. The Labute approximate surface area is 73.0 Å². The highest BCUT2D eigenvalue weighted by Gasteiger charge is 2.09. The van der Waals surface area contributed by atoms with Crippen molar-refractivity contribution >= 4 is 37.0 Å². The lowest BCUT2D eigenvalue weighted by Crippen LogP contribution is -2.14. The molecule has 9 heavy (non-hydrogen) atoms. The zero-order chi connectivity index (χ0) is 7.33. The zero-order valence-corrected chi connectivity index (χ0v) is 8.53.